The van der Waals surface area contributed by atoms with Gasteiger partial charge >= 0.3 is 5.97 Å². The van der Waals surface area contributed by atoms with Gasteiger partial charge in [-0.2, -0.15) is 0 Å². The zero-order chi connectivity index (χ0) is 26.7. The second-order valence-corrected chi connectivity index (χ2v) is 13.0. The SMILES string of the molecule is CC(C)(C)C(=O)OCOP(C)(=O)C(C(=O)N/C=C/c1cccc(F)c1F)c1csc2ccc(Cl)cc12. The van der Waals surface area contributed by atoms with E-state index in [1.165, 1.54) is 36.2 Å². The first-order chi connectivity index (χ1) is 16.8. The summed E-state index contributed by atoms with van der Waals surface area (Å²) in [5.74, 6) is -3.37. The molecular weight excluding hydrogens is 531 g/mol. The first-order valence-corrected chi connectivity index (χ1v) is 14.2. The fourth-order valence-electron chi connectivity index (χ4n) is 3.26. The number of rotatable bonds is 8. The van der Waals surface area contributed by atoms with Gasteiger partial charge in [0.1, 0.15) is 5.66 Å². The molecule has 0 aliphatic heterocycles. The second-order valence-electron chi connectivity index (χ2n) is 9.06. The Hall–Kier alpha value is -2.58. The number of benzene rings is 2. The number of carbonyl (C=O) groups is 2. The molecule has 6 nitrogen and oxygen atoms in total. The van der Waals surface area contributed by atoms with E-state index in [9.17, 15) is 22.9 Å². The average molecular weight is 556 g/mol. The number of fused-ring (bicyclic) bond motifs is 1. The predicted molar refractivity (Wildman–Crippen MR) is 138 cm³/mol. The average Bonchev–Trinajstić information content (AvgIpc) is 3.18. The summed E-state index contributed by atoms with van der Waals surface area (Å²) in [4.78, 5) is 25.4. The number of nitrogens with one attached hydrogen (secondary N) is 1. The minimum Gasteiger partial charge on any atom is -0.438 e. The first kappa shape index (κ1) is 28.0. The van der Waals surface area contributed by atoms with Crippen LogP contribution >= 0.6 is 30.3 Å². The van der Waals surface area contributed by atoms with E-state index in [2.05, 4.69) is 5.32 Å². The summed E-state index contributed by atoms with van der Waals surface area (Å²) >= 11 is 7.49. The van der Waals surface area contributed by atoms with E-state index in [1.807, 2.05) is 0 Å². The van der Waals surface area contributed by atoms with E-state index in [-0.39, 0.29) is 5.56 Å². The van der Waals surface area contributed by atoms with E-state index in [4.69, 9.17) is 20.9 Å². The van der Waals surface area contributed by atoms with Crippen molar-refractivity contribution in [1.82, 2.24) is 5.32 Å². The van der Waals surface area contributed by atoms with Crippen molar-refractivity contribution >= 4 is 58.3 Å². The Morgan fingerprint density at radius 2 is 1.94 bits per heavy atom. The number of ether oxygens (including phenoxy) is 1. The molecule has 1 heterocycles. The normalized spacial score (nSPS) is 14.5. The van der Waals surface area contributed by atoms with Crippen LogP contribution in [0.5, 0.6) is 0 Å². The van der Waals surface area contributed by atoms with Crippen LogP contribution in [0.15, 0.2) is 48.0 Å². The molecule has 0 bridgehead atoms. The molecule has 0 saturated carbocycles. The van der Waals surface area contributed by atoms with E-state index in [0.717, 1.165) is 17.0 Å². The third-order valence-corrected chi connectivity index (χ3v) is 8.44. The molecule has 11 heteroatoms. The number of halogens is 3. The molecule has 0 saturated heterocycles. The number of hydrogen-bond donors (Lipinski definition) is 1. The summed E-state index contributed by atoms with van der Waals surface area (Å²) in [5.41, 5.74) is -1.77. The Morgan fingerprint density at radius 3 is 2.64 bits per heavy atom. The van der Waals surface area contributed by atoms with Crippen LogP contribution in [0.4, 0.5) is 8.78 Å². The molecule has 1 amide bonds. The van der Waals surface area contributed by atoms with Crippen LogP contribution in [-0.4, -0.2) is 25.3 Å². The van der Waals surface area contributed by atoms with Gasteiger partial charge in [0.15, 0.2) is 18.4 Å². The molecule has 2 atom stereocenters. The maximum absolute atomic E-state index is 13.9. The van der Waals surface area contributed by atoms with Crippen LogP contribution in [0.2, 0.25) is 5.02 Å². The van der Waals surface area contributed by atoms with Gasteiger partial charge in [-0.3, -0.25) is 18.7 Å². The van der Waals surface area contributed by atoms with Gasteiger partial charge in [0.25, 0.3) is 0 Å². The van der Waals surface area contributed by atoms with Crippen molar-refractivity contribution in [1.29, 1.82) is 0 Å². The van der Waals surface area contributed by atoms with E-state index >= 15 is 0 Å². The summed E-state index contributed by atoms with van der Waals surface area (Å²) in [6, 6.07) is 8.77. The van der Waals surface area contributed by atoms with Crippen molar-refractivity contribution in [2.75, 3.05) is 13.5 Å². The molecule has 3 rings (SSSR count). The maximum Gasteiger partial charge on any atom is 0.313 e. The van der Waals surface area contributed by atoms with Crippen molar-refractivity contribution in [2.45, 2.75) is 26.4 Å². The third-order valence-electron chi connectivity index (χ3n) is 5.16. The molecule has 0 fully saturated rings. The smallest absolute Gasteiger partial charge is 0.313 e. The molecule has 0 radical (unpaired) electrons. The Labute approximate surface area is 216 Å². The molecular formula is C25H25ClF2NO5PS. The lowest BCUT2D eigenvalue weighted by molar-refractivity contribution is -0.159. The standard InChI is InChI=1S/C25H25ClF2NO5PS/c1-25(2,3)24(31)33-14-34-35(4,32)22(18-13-36-20-9-8-16(26)12-17(18)20)23(30)29-11-10-15-6-5-7-19(27)21(15)28/h5-13,22H,14H2,1-4H3,(H,29,30)/b11-10+. The van der Waals surface area contributed by atoms with Gasteiger partial charge in [-0.05, 0) is 67.4 Å². The third kappa shape index (κ3) is 6.59. The zero-order valence-electron chi connectivity index (χ0n) is 20.0. The van der Waals surface area contributed by atoms with Gasteiger partial charge in [0.2, 0.25) is 13.3 Å². The van der Waals surface area contributed by atoms with Crippen LogP contribution in [-0.2, 0) is 23.4 Å². The van der Waals surface area contributed by atoms with Crippen LogP contribution in [0.1, 0.15) is 37.6 Å². The lowest BCUT2D eigenvalue weighted by Crippen LogP contribution is -2.27. The number of esters is 1. The molecule has 2 unspecified atom stereocenters. The van der Waals surface area contributed by atoms with Gasteiger partial charge in [0, 0.05) is 28.2 Å². The fourth-order valence-corrected chi connectivity index (χ4v) is 6.13. The lowest BCUT2D eigenvalue weighted by atomic mass is 9.98. The monoisotopic (exact) mass is 555 g/mol. The Morgan fingerprint density at radius 1 is 1.22 bits per heavy atom. The highest BCUT2D eigenvalue weighted by Crippen LogP contribution is 2.59. The summed E-state index contributed by atoms with van der Waals surface area (Å²) in [6.45, 7) is 5.64. The van der Waals surface area contributed by atoms with Crippen molar-refractivity contribution in [3.63, 3.8) is 0 Å². The summed E-state index contributed by atoms with van der Waals surface area (Å²) in [7, 11) is -3.80. The minimum absolute atomic E-state index is 0.0790. The quantitative estimate of drug-likeness (QED) is 0.182. The highest BCUT2D eigenvalue weighted by atomic mass is 35.5. The molecule has 2 aromatic carbocycles. The maximum atomic E-state index is 13.9. The molecule has 36 heavy (non-hydrogen) atoms. The number of hydrogen-bond acceptors (Lipinski definition) is 6. The number of carbonyl (C=O) groups excluding carboxylic acids is 2. The summed E-state index contributed by atoms with van der Waals surface area (Å²) in [5, 5.41) is 5.20. The summed E-state index contributed by atoms with van der Waals surface area (Å²) < 4.78 is 52.5. The topological polar surface area (TPSA) is 81.7 Å². The van der Waals surface area contributed by atoms with Gasteiger partial charge < -0.3 is 10.1 Å². The number of thiophene rings is 1. The van der Waals surface area contributed by atoms with Gasteiger partial charge in [-0.15, -0.1) is 11.3 Å². The van der Waals surface area contributed by atoms with Crippen LogP contribution < -0.4 is 5.32 Å². The molecule has 1 N–H and O–H groups in total. The minimum atomic E-state index is -3.80. The van der Waals surface area contributed by atoms with E-state index in [1.54, 1.807) is 44.4 Å². The zero-order valence-corrected chi connectivity index (χ0v) is 22.5. The molecule has 192 valence electrons. The van der Waals surface area contributed by atoms with Crippen molar-refractivity contribution < 1.29 is 32.2 Å². The lowest BCUT2D eigenvalue weighted by Gasteiger charge is -2.24. The van der Waals surface area contributed by atoms with E-state index < -0.39 is 48.7 Å². The molecule has 0 aliphatic rings. The molecule has 0 spiro atoms. The second kappa shape index (κ2) is 11.2. The Bertz CT molecular complexity index is 1370. The van der Waals surface area contributed by atoms with Crippen molar-refractivity contribution in [3.8, 4) is 0 Å². The highest BCUT2D eigenvalue weighted by molar-refractivity contribution is 7.59. The van der Waals surface area contributed by atoms with Gasteiger partial charge in [-0.25, -0.2) is 8.78 Å². The van der Waals surface area contributed by atoms with E-state index in [0.29, 0.717) is 16.0 Å². The van der Waals surface area contributed by atoms with Crippen LogP contribution in [0.25, 0.3) is 16.2 Å². The Kier molecular flexibility index (Phi) is 8.72. The Balaban J connectivity index is 1.90. The van der Waals surface area contributed by atoms with Gasteiger partial charge in [-0.1, -0.05) is 23.7 Å². The molecule has 1 aromatic heterocycles. The van der Waals surface area contributed by atoms with Crippen molar-refractivity contribution in [2.24, 2.45) is 5.41 Å². The van der Waals surface area contributed by atoms with Crippen molar-refractivity contribution in [3.05, 3.63) is 75.8 Å². The fraction of sp³-hybridized carbons (Fsp3) is 0.280. The predicted octanol–water partition coefficient (Wildman–Crippen LogP) is 7.13. The van der Waals surface area contributed by atoms with Crippen LogP contribution in [0, 0.1) is 17.0 Å². The number of amides is 1. The molecule has 0 aliphatic carbocycles. The van der Waals surface area contributed by atoms with Gasteiger partial charge in [0.05, 0.1) is 5.41 Å². The highest BCUT2D eigenvalue weighted by Gasteiger charge is 2.39. The summed E-state index contributed by atoms with van der Waals surface area (Å²) in [6.07, 6.45) is 2.32. The largest absolute Gasteiger partial charge is 0.438 e. The molecule has 3 aromatic rings. The van der Waals surface area contributed by atoms with Crippen LogP contribution in [0.3, 0.4) is 0 Å². The first-order valence-electron chi connectivity index (χ1n) is 10.8.